The Morgan fingerprint density at radius 2 is 2.25 bits per heavy atom. The molecule has 1 fully saturated rings. The summed E-state index contributed by atoms with van der Waals surface area (Å²) in [7, 11) is 1.92. The van der Waals surface area contributed by atoms with Gasteiger partial charge in [0.2, 0.25) is 5.91 Å². The first-order valence-electron chi connectivity index (χ1n) is 4.42. The molecular weight excluding hydrogens is 170 g/mol. The van der Waals surface area contributed by atoms with Crippen molar-refractivity contribution in [2.45, 2.75) is 25.8 Å². The summed E-state index contributed by atoms with van der Waals surface area (Å²) in [6, 6.07) is 0.382. The average Bonchev–Trinajstić information content (AvgIpc) is 2.84. The SMILES string of the molecule is CSCC(C)N(C)C(=O)C1CC1. The molecule has 0 aromatic carbocycles. The zero-order valence-electron chi connectivity index (χ0n) is 8.04. The summed E-state index contributed by atoms with van der Waals surface area (Å²) in [6.45, 7) is 2.11. The fourth-order valence-corrected chi connectivity index (χ4v) is 1.89. The predicted octanol–water partition coefficient (Wildman–Crippen LogP) is 1.61. The van der Waals surface area contributed by atoms with Crippen molar-refractivity contribution in [2.75, 3.05) is 19.1 Å². The molecule has 1 atom stereocenters. The van der Waals surface area contributed by atoms with Crippen LogP contribution < -0.4 is 0 Å². The Kier molecular flexibility index (Phi) is 3.44. The molecule has 0 aromatic heterocycles. The molecule has 1 amide bonds. The minimum absolute atomic E-state index is 0.344. The van der Waals surface area contributed by atoms with Gasteiger partial charge in [0.1, 0.15) is 0 Å². The van der Waals surface area contributed by atoms with Crippen molar-refractivity contribution in [1.82, 2.24) is 4.90 Å². The molecule has 3 heteroatoms. The van der Waals surface area contributed by atoms with Gasteiger partial charge in [0, 0.05) is 24.8 Å². The van der Waals surface area contributed by atoms with Crippen LogP contribution >= 0.6 is 11.8 Å². The first-order valence-corrected chi connectivity index (χ1v) is 5.81. The van der Waals surface area contributed by atoms with Crippen LogP contribution in [0.15, 0.2) is 0 Å². The van der Waals surface area contributed by atoms with Gasteiger partial charge in [-0.15, -0.1) is 0 Å². The molecule has 1 rings (SSSR count). The summed E-state index contributed by atoms with van der Waals surface area (Å²) >= 11 is 1.79. The lowest BCUT2D eigenvalue weighted by Gasteiger charge is -2.24. The third kappa shape index (κ3) is 2.41. The van der Waals surface area contributed by atoms with Gasteiger partial charge in [0.05, 0.1) is 0 Å². The molecule has 1 unspecified atom stereocenters. The van der Waals surface area contributed by atoms with E-state index in [4.69, 9.17) is 0 Å². The van der Waals surface area contributed by atoms with E-state index in [-0.39, 0.29) is 0 Å². The van der Waals surface area contributed by atoms with Crippen molar-refractivity contribution in [1.29, 1.82) is 0 Å². The Morgan fingerprint density at radius 3 is 2.67 bits per heavy atom. The van der Waals surface area contributed by atoms with Crippen molar-refractivity contribution < 1.29 is 4.79 Å². The number of nitrogens with zero attached hydrogens (tertiary/aromatic N) is 1. The number of hydrogen-bond donors (Lipinski definition) is 0. The number of rotatable bonds is 4. The Balaban J connectivity index is 2.33. The van der Waals surface area contributed by atoms with Crippen molar-refractivity contribution >= 4 is 17.7 Å². The third-order valence-corrected chi connectivity index (χ3v) is 3.16. The standard InChI is InChI=1S/C9H17NOS/c1-7(6-12-3)10(2)9(11)8-4-5-8/h7-8H,4-6H2,1-3H3. The Bertz CT molecular complexity index is 168. The molecule has 0 saturated heterocycles. The molecule has 2 nitrogen and oxygen atoms in total. The molecule has 0 heterocycles. The van der Waals surface area contributed by atoms with Gasteiger partial charge in [-0.25, -0.2) is 0 Å². The highest BCUT2D eigenvalue weighted by atomic mass is 32.2. The summed E-state index contributed by atoms with van der Waals surface area (Å²) < 4.78 is 0. The lowest BCUT2D eigenvalue weighted by Crippen LogP contribution is -2.37. The molecule has 0 N–H and O–H groups in total. The first-order chi connectivity index (χ1) is 5.66. The van der Waals surface area contributed by atoms with Crippen LogP contribution in [0.3, 0.4) is 0 Å². The molecule has 12 heavy (non-hydrogen) atoms. The average molecular weight is 187 g/mol. The summed E-state index contributed by atoms with van der Waals surface area (Å²) in [6.07, 6.45) is 4.29. The second-order valence-corrected chi connectivity index (χ2v) is 4.44. The van der Waals surface area contributed by atoms with Crippen LogP contribution in [0.25, 0.3) is 0 Å². The predicted molar refractivity (Wildman–Crippen MR) is 53.3 cm³/mol. The second kappa shape index (κ2) is 4.17. The van der Waals surface area contributed by atoms with E-state index in [1.54, 1.807) is 11.8 Å². The van der Waals surface area contributed by atoms with Gasteiger partial charge in [-0.2, -0.15) is 11.8 Å². The van der Waals surface area contributed by atoms with Gasteiger partial charge >= 0.3 is 0 Å². The van der Waals surface area contributed by atoms with Crippen molar-refractivity contribution in [3.8, 4) is 0 Å². The van der Waals surface area contributed by atoms with Crippen LogP contribution in [-0.4, -0.2) is 35.9 Å². The van der Waals surface area contributed by atoms with E-state index in [2.05, 4.69) is 13.2 Å². The Morgan fingerprint density at radius 1 is 1.67 bits per heavy atom. The summed E-state index contributed by atoms with van der Waals surface area (Å²) in [5.74, 6) is 1.74. The van der Waals surface area contributed by atoms with Crippen LogP contribution in [0, 0.1) is 5.92 Å². The van der Waals surface area contributed by atoms with Crippen LogP contribution in [-0.2, 0) is 4.79 Å². The minimum Gasteiger partial charge on any atom is -0.342 e. The van der Waals surface area contributed by atoms with Crippen molar-refractivity contribution in [3.63, 3.8) is 0 Å². The fourth-order valence-electron chi connectivity index (χ4n) is 1.19. The molecule has 0 aliphatic heterocycles. The van der Waals surface area contributed by atoms with Crippen molar-refractivity contribution in [3.05, 3.63) is 0 Å². The summed E-state index contributed by atoms with van der Waals surface area (Å²) in [5.41, 5.74) is 0. The molecular formula is C9H17NOS. The van der Waals surface area contributed by atoms with Crippen LogP contribution in [0.2, 0.25) is 0 Å². The first kappa shape index (κ1) is 9.90. The van der Waals surface area contributed by atoms with E-state index in [0.29, 0.717) is 17.9 Å². The number of amides is 1. The Labute approximate surface area is 78.7 Å². The van der Waals surface area contributed by atoms with Gasteiger partial charge < -0.3 is 4.90 Å². The normalized spacial score (nSPS) is 18.9. The topological polar surface area (TPSA) is 20.3 Å². The van der Waals surface area contributed by atoms with Gasteiger partial charge in [-0.1, -0.05) is 0 Å². The van der Waals surface area contributed by atoms with E-state index in [0.717, 1.165) is 18.6 Å². The van der Waals surface area contributed by atoms with E-state index >= 15 is 0 Å². The molecule has 0 spiro atoms. The fraction of sp³-hybridized carbons (Fsp3) is 0.889. The number of hydrogen-bond acceptors (Lipinski definition) is 2. The minimum atomic E-state index is 0.344. The lowest BCUT2D eigenvalue weighted by atomic mass is 10.3. The molecule has 0 aromatic rings. The maximum Gasteiger partial charge on any atom is 0.225 e. The highest BCUT2D eigenvalue weighted by Gasteiger charge is 2.33. The second-order valence-electron chi connectivity index (χ2n) is 3.53. The molecule has 0 radical (unpaired) electrons. The Hall–Kier alpha value is -0.180. The lowest BCUT2D eigenvalue weighted by molar-refractivity contribution is -0.132. The molecule has 1 aliphatic rings. The molecule has 0 bridgehead atoms. The maximum absolute atomic E-state index is 11.5. The molecule has 1 aliphatic carbocycles. The van der Waals surface area contributed by atoms with Crippen LogP contribution in [0.1, 0.15) is 19.8 Å². The van der Waals surface area contributed by atoms with E-state index in [1.807, 2.05) is 11.9 Å². The van der Waals surface area contributed by atoms with Gasteiger partial charge in [-0.3, -0.25) is 4.79 Å². The summed E-state index contributed by atoms with van der Waals surface area (Å²) in [4.78, 5) is 13.4. The smallest absolute Gasteiger partial charge is 0.225 e. The van der Waals surface area contributed by atoms with Gasteiger partial charge in [-0.05, 0) is 26.0 Å². The molecule has 1 saturated carbocycles. The van der Waals surface area contributed by atoms with E-state index < -0.39 is 0 Å². The van der Waals surface area contributed by atoms with Crippen LogP contribution in [0.5, 0.6) is 0 Å². The maximum atomic E-state index is 11.5. The number of carbonyl (C=O) groups excluding carboxylic acids is 1. The van der Waals surface area contributed by atoms with Crippen molar-refractivity contribution in [2.24, 2.45) is 5.92 Å². The number of thioether (sulfide) groups is 1. The quantitative estimate of drug-likeness (QED) is 0.666. The zero-order valence-corrected chi connectivity index (χ0v) is 8.86. The van der Waals surface area contributed by atoms with Gasteiger partial charge in [0.15, 0.2) is 0 Å². The monoisotopic (exact) mass is 187 g/mol. The highest BCUT2D eigenvalue weighted by molar-refractivity contribution is 7.98. The van der Waals surface area contributed by atoms with Crippen LogP contribution in [0.4, 0.5) is 0 Å². The largest absolute Gasteiger partial charge is 0.342 e. The number of carbonyl (C=O) groups is 1. The summed E-state index contributed by atoms with van der Waals surface area (Å²) in [5, 5.41) is 0. The van der Waals surface area contributed by atoms with Gasteiger partial charge in [0.25, 0.3) is 0 Å². The molecule has 70 valence electrons. The van der Waals surface area contributed by atoms with E-state index in [1.165, 1.54) is 0 Å². The third-order valence-electron chi connectivity index (χ3n) is 2.34. The van der Waals surface area contributed by atoms with E-state index in [9.17, 15) is 4.79 Å². The zero-order chi connectivity index (χ0) is 9.14. The highest BCUT2D eigenvalue weighted by Crippen LogP contribution is 2.31.